The lowest BCUT2D eigenvalue weighted by Gasteiger charge is -2.24. The molecule has 2 N–H and O–H groups in total. The fourth-order valence-electron chi connectivity index (χ4n) is 4.90. The van der Waals surface area contributed by atoms with Crippen molar-refractivity contribution < 1.29 is 52.5 Å². The molecule has 0 aliphatic carbocycles. The standard InChI is InChI=1S/C33H44N2O11/c1-4-5-6-7-8-15-27(39)42-19-12-11-13-23-29(43-23)31-32(46-33(41)34-22(3)36)30-24(44-30)18-17-21(2)20-26(38)35-25(37)14-9-10-16-28(40)45-31/h9-11,13-14,16,20,23-24,29-32H,4-8,12,15,17-19H2,1-3H3,(H,34,36,41)(H,35,37,38). The van der Waals surface area contributed by atoms with Crippen LogP contribution in [0.3, 0.4) is 0 Å². The van der Waals surface area contributed by atoms with Gasteiger partial charge in [-0.2, -0.15) is 0 Å². The van der Waals surface area contributed by atoms with E-state index >= 15 is 0 Å². The van der Waals surface area contributed by atoms with E-state index in [1.165, 1.54) is 18.2 Å². The number of hydrogen-bond donors (Lipinski definition) is 2. The molecular formula is C33H44N2O11. The second-order valence-corrected chi connectivity index (χ2v) is 11.4. The van der Waals surface area contributed by atoms with E-state index in [1.807, 2.05) is 0 Å². The van der Waals surface area contributed by atoms with Crippen molar-refractivity contribution in [3.05, 3.63) is 48.1 Å². The van der Waals surface area contributed by atoms with Crippen LogP contribution in [0, 0.1) is 0 Å². The Hall–Kier alpha value is -4.10. The van der Waals surface area contributed by atoms with Crippen molar-refractivity contribution in [3.63, 3.8) is 0 Å². The van der Waals surface area contributed by atoms with Crippen molar-refractivity contribution in [1.82, 2.24) is 10.6 Å². The zero-order chi connectivity index (χ0) is 33.5. The minimum Gasteiger partial charge on any atom is -0.465 e. The summed E-state index contributed by atoms with van der Waals surface area (Å²) in [6.45, 7) is 5.24. The first-order valence-electron chi connectivity index (χ1n) is 15.8. The zero-order valence-electron chi connectivity index (χ0n) is 26.6. The van der Waals surface area contributed by atoms with E-state index in [0.29, 0.717) is 31.3 Å². The molecule has 252 valence electrons. The molecule has 6 atom stereocenters. The Morgan fingerprint density at radius 3 is 2.52 bits per heavy atom. The van der Waals surface area contributed by atoms with Crippen molar-refractivity contribution >= 4 is 35.8 Å². The third-order valence-electron chi connectivity index (χ3n) is 7.32. The number of alkyl carbamates (subject to hydrolysis) is 1. The average molecular weight is 645 g/mol. The average Bonchev–Trinajstić information content (AvgIpc) is 3.91. The van der Waals surface area contributed by atoms with Gasteiger partial charge in [-0.25, -0.2) is 9.59 Å². The van der Waals surface area contributed by atoms with Gasteiger partial charge in [0.15, 0.2) is 12.2 Å². The molecular weight excluding hydrogens is 600 g/mol. The van der Waals surface area contributed by atoms with Crippen LogP contribution in [0.4, 0.5) is 4.79 Å². The number of carbonyl (C=O) groups is 6. The first-order chi connectivity index (χ1) is 22.1. The van der Waals surface area contributed by atoms with Crippen LogP contribution in [-0.4, -0.2) is 79.0 Å². The highest BCUT2D eigenvalue weighted by atomic mass is 16.7. The molecule has 3 heterocycles. The summed E-state index contributed by atoms with van der Waals surface area (Å²) in [6.07, 6.45) is 10.9. The minimum atomic E-state index is -1.14. The molecule has 2 fully saturated rings. The second kappa shape index (κ2) is 18.8. The number of nitrogens with one attached hydrogen (secondary N) is 2. The summed E-state index contributed by atoms with van der Waals surface area (Å²) >= 11 is 0. The van der Waals surface area contributed by atoms with Gasteiger partial charge in [0.05, 0.1) is 12.7 Å². The molecule has 6 unspecified atom stereocenters. The van der Waals surface area contributed by atoms with Crippen molar-refractivity contribution in [2.75, 3.05) is 6.61 Å². The van der Waals surface area contributed by atoms with E-state index in [-0.39, 0.29) is 12.6 Å². The van der Waals surface area contributed by atoms with Gasteiger partial charge >= 0.3 is 18.0 Å². The van der Waals surface area contributed by atoms with E-state index in [4.69, 9.17) is 23.7 Å². The maximum Gasteiger partial charge on any atom is 0.414 e. The second-order valence-electron chi connectivity index (χ2n) is 11.4. The maximum atomic E-state index is 12.8. The summed E-state index contributed by atoms with van der Waals surface area (Å²) in [6, 6.07) is 0. The highest BCUT2D eigenvalue weighted by Crippen LogP contribution is 2.39. The van der Waals surface area contributed by atoms with Crippen molar-refractivity contribution in [3.8, 4) is 0 Å². The molecule has 13 heteroatoms. The highest BCUT2D eigenvalue weighted by molar-refractivity contribution is 6.05. The van der Waals surface area contributed by atoms with Crippen molar-refractivity contribution in [1.29, 1.82) is 0 Å². The largest absolute Gasteiger partial charge is 0.465 e. The monoisotopic (exact) mass is 644 g/mol. The fourth-order valence-corrected chi connectivity index (χ4v) is 4.90. The third-order valence-corrected chi connectivity index (χ3v) is 7.32. The molecule has 0 aromatic rings. The predicted octanol–water partition coefficient (Wildman–Crippen LogP) is 3.42. The molecule has 0 bridgehead atoms. The van der Waals surface area contributed by atoms with Crippen LogP contribution in [-0.2, 0) is 47.7 Å². The van der Waals surface area contributed by atoms with Crippen LogP contribution >= 0.6 is 0 Å². The smallest absolute Gasteiger partial charge is 0.414 e. The first kappa shape index (κ1) is 36.4. The maximum absolute atomic E-state index is 12.8. The van der Waals surface area contributed by atoms with Gasteiger partial charge in [0.1, 0.15) is 18.3 Å². The minimum absolute atomic E-state index is 0.213. The number of carbonyl (C=O) groups excluding carboxylic acids is 6. The van der Waals surface area contributed by atoms with Crippen LogP contribution in [0.5, 0.6) is 0 Å². The Labute approximate surface area is 268 Å². The molecule has 0 radical (unpaired) electrons. The third kappa shape index (κ3) is 13.5. The summed E-state index contributed by atoms with van der Waals surface area (Å²) in [5, 5.41) is 4.25. The van der Waals surface area contributed by atoms with Crippen LogP contribution < -0.4 is 10.6 Å². The van der Waals surface area contributed by atoms with Gasteiger partial charge < -0.3 is 23.7 Å². The van der Waals surface area contributed by atoms with Gasteiger partial charge in [0, 0.05) is 31.6 Å². The lowest BCUT2D eigenvalue weighted by Crippen LogP contribution is -2.46. The topological polar surface area (TPSA) is 179 Å². The molecule has 3 aliphatic heterocycles. The molecule has 46 heavy (non-hydrogen) atoms. The van der Waals surface area contributed by atoms with Gasteiger partial charge in [-0.3, -0.25) is 29.8 Å². The van der Waals surface area contributed by atoms with Crippen LogP contribution in [0.15, 0.2) is 48.1 Å². The zero-order valence-corrected chi connectivity index (χ0v) is 26.6. The molecule has 4 amide bonds. The van der Waals surface area contributed by atoms with E-state index in [0.717, 1.165) is 51.2 Å². The van der Waals surface area contributed by atoms with Gasteiger partial charge in [0.25, 0.3) is 11.8 Å². The molecule has 3 rings (SSSR count). The van der Waals surface area contributed by atoms with Crippen LogP contribution in [0.25, 0.3) is 0 Å². The quantitative estimate of drug-likeness (QED) is 0.0794. The molecule has 3 aliphatic rings. The van der Waals surface area contributed by atoms with Gasteiger partial charge in [0.2, 0.25) is 5.91 Å². The highest BCUT2D eigenvalue weighted by Gasteiger charge is 2.58. The van der Waals surface area contributed by atoms with Crippen LogP contribution in [0.2, 0.25) is 0 Å². The number of allylic oxidation sites excluding steroid dienone is 3. The number of cyclic esters (lactones) is 1. The number of rotatable bonds is 12. The lowest BCUT2D eigenvalue weighted by molar-refractivity contribution is -0.152. The summed E-state index contributed by atoms with van der Waals surface area (Å²) < 4.78 is 28.2. The van der Waals surface area contributed by atoms with Crippen molar-refractivity contribution in [2.24, 2.45) is 0 Å². The van der Waals surface area contributed by atoms with E-state index in [9.17, 15) is 28.8 Å². The number of esters is 2. The molecule has 0 saturated carbocycles. The summed E-state index contributed by atoms with van der Waals surface area (Å²) in [5.74, 6) is -2.94. The number of epoxide rings is 2. The number of amides is 4. The molecule has 0 aromatic carbocycles. The molecule has 0 spiro atoms. The van der Waals surface area contributed by atoms with E-state index in [2.05, 4.69) is 17.6 Å². The Morgan fingerprint density at radius 1 is 1.00 bits per heavy atom. The fraction of sp³-hybridized carbons (Fsp3) is 0.576. The lowest BCUT2D eigenvalue weighted by atomic mass is 10.00. The summed E-state index contributed by atoms with van der Waals surface area (Å²) in [4.78, 5) is 72.9. The predicted molar refractivity (Wildman–Crippen MR) is 164 cm³/mol. The Kier molecular flexibility index (Phi) is 14.8. The van der Waals surface area contributed by atoms with E-state index < -0.39 is 66.4 Å². The molecule has 2 saturated heterocycles. The summed E-state index contributed by atoms with van der Waals surface area (Å²) in [7, 11) is 0. The number of unbranched alkanes of at least 4 members (excludes halogenated alkanes) is 4. The molecule has 13 nitrogen and oxygen atoms in total. The number of fused-ring (bicyclic) bond motifs is 1. The van der Waals surface area contributed by atoms with Gasteiger partial charge in [-0.1, -0.05) is 62.5 Å². The Balaban J connectivity index is 1.68. The molecule has 0 aromatic heterocycles. The first-order valence-corrected chi connectivity index (χ1v) is 15.8. The van der Waals surface area contributed by atoms with Gasteiger partial charge in [-0.15, -0.1) is 0 Å². The number of ether oxygens (including phenoxy) is 5. The Morgan fingerprint density at radius 2 is 1.76 bits per heavy atom. The Bertz CT molecular complexity index is 1240. The van der Waals surface area contributed by atoms with Crippen LogP contribution in [0.1, 0.15) is 78.6 Å². The van der Waals surface area contributed by atoms with Crippen molar-refractivity contribution in [2.45, 2.75) is 115 Å². The van der Waals surface area contributed by atoms with E-state index in [1.54, 1.807) is 19.1 Å². The summed E-state index contributed by atoms with van der Waals surface area (Å²) in [5.41, 5.74) is 0.691. The SMILES string of the molecule is CCCCCCCC(=O)OCCC=CC1OC1C1OC(=O)C=CC=CC(=O)NC(=O)C=C(C)CCC2OC2C1OC(=O)NC(C)=O. The van der Waals surface area contributed by atoms with Gasteiger partial charge in [-0.05, 0) is 32.6 Å². The number of imide groups is 2. The normalized spacial score (nSPS) is 26.7. The number of hydrogen-bond acceptors (Lipinski definition) is 11.